The third-order valence-electron chi connectivity index (χ3n) is 2.61. The lowest BCUT2D eigenvalue weighted by Crippen LogP contribution is -1.94. The van der Waals surface area contributed by atoms with Gasteiger partial charge < -0.3 is 0 Å². The summed E-state index contributed by atoms with van der Waals surface area (Å²) in [5.41, 5.74) is 5.21. The average Bonchev–Trinajstić information content (AvgIpc) is 3.04. The van der Waals surface area contributed by atoms with Crippen LogP contribution >= 0.6 is 11.3 Å². The van der Waals surface area contributed by atoms with Crippen molar-refractivity contribution in [2.75, 3.05) is 5.43 Å². The molecule has 0 spiro atoms. The second kappa shape index (κ2) is 3.83. The molecule has 16 heavy (non-hydrogen) atoms. The van der Waals surface area contributed by atoms with Crippen LogP contribution in [-0.4, -0.2) is 16.2 Å². The Hall–Kier alpha value is -1.49. The molecule has 5 heteroatoms. The van der Waals surface area contributed by atoms with Crippen LogP contribution in [0.1, 0.15) is 18.4 Å². The summed E-state index contributed by atoms with van der Waals surface area (Å²) in [6.45, 7) is 2.06. The van der Waals surface area contributed by atoms with E-state index in [4.69, 9.17) is 0 Å². The molecule has 1 saturated carbocycles. The van der Waals surface area contributed by atoms with Gasteiger partial charge in [-0.1, -0.05) is 0 Å². The summed E-state index contributed by atoms with van der Waals surface area (Å²) in [7, 11) is 0. The average molecular weight is 232 g/mol. The van der Waals surface area contributed by atoms with E-state index in [1.165, 1.54) is 18.4 Å². The van der Waals surface area contributed by atoms with Gasteiger partial charge in [-0.15, -0.1) is 11.3 Å². The molecule has 2 aromatic rings. The number of hydrogen-bond acceptors (Lipinski definition) is 5. The van der Waals surface area contributed by atoms with Crippen molar-refractivity contribution >= 4 is 33.6 Å². The number of aryl methyl sites for hydroxylation is 1. The highest BCUT2D eigenvalue weighted by atomic mass is 32.1. The molecule has 0 bridgehead atoms. The Bertz CT molecular complexity index is 542. The molecule has 4 nitrogen and oxygen atoms in total. The van der Waals surface area contributed by atoms with Gasteiger partial charge in [-0.05, 0) is 36.6 Å². The molecule has 0 aromatic carbocycles. The van der Waals surface area contributed by atoms with Crippen molar-refractivity contribution in [1.82, 2.24) is 9.97 Å². The van der Waals surface area contributed by atoms with Gasteiger partial charge in [-0.2, -0.15) is 5.10 Å². The standard InChI is InChI=1S/C11H12N4S/c1-7-5-16-10-9(7)12-6-13-11(10)15-14-4-8-2-3-8/h4-6,8H,2-3H2,1H3,(H,12,13,15). The number of nitrogens with zero attached hydrogens (tertiary/aromatic N) is 3. The lowest BCUT2D eigenvalue weighted by molar-refractivity contribution is 1.16. The van der Waals surface area contributed by atoms with Crippen LogP contribution in [0, 0.1) is 12.8 Å². The minimum absolute atomic E-state index is 0.676. The van der Waals surface area contributed by atoms with E-state index in [0.29, 0.717) is 5.92 Å². The van der Waals surface area contributed by atoms with E-state index in [9.17, 15) is 0 Å². The molecule has 1 aliphatic rings. The number of anilines is 1. The summed E-state index contributed by atoms with van der Waals surface area (Å²) >= 11 is 1.65. The van der Waals surface area contributed by atoms with Crippen molar-refractivity contribution in [3.63, 3.8) is 0 Å². The number of aromatic nitrogens is 2. The van der Waals surface area contributed by atoms with Gasteiger partial charge in [0.25, 0.3) is 0 Å². The smallest absolute Gasteiger partial charge is 0.167 e. The van der Waals surface area contributed by atoms with Gasteiger partial charge in [0, 0.05) is 6.21 Å². The van der Waals surface area contributed by atoms with Crippen molar-refractivity contribution in [2.24, 2.45) is 11.0 Å². The Morgan fingerprint density at radius 2 is 2.38 bits per heavy atom. The molecule has 0 amide bonds. The van der Waals surface area contributed by atoms with E-state index in [0.717, 1.165) is 16.0 Å². The predicted molar refractivity (Wildman–Crippen MR) is 67.0 cm³/mol. The van der Waals surface area contributed by atoms with Crippen LogP contribution in [0.4, 0.5) is 5.82 Å². The number of thiophene rings is 1. The molecule has 1 N–H and O–H groups in total. The first kappa shape index (κ1) is 9.72. The molecule has 82 valence electrons. The second-order valence-electron chi connectivity index (χ2n) is 4.05. The van der Waals surface area contributed by atoms with E-state index in [-0.39, 0.29) is 0 Å². The van der Waals surface area contributed by atoms with Crippen LogP contribution in [0.2, 0.25) is 0 Å². The summed E-state index contributed by atoms with van der Waals surface area (Å²) in [6, 6.07) is 0. The fraction of sp³-hybridized carbons (Fsp3) is 0.364. The van der Waals surface area contributed by atoms with Gasteiger partial charge in [0.2, 0.25) is 0 Å². The summed E-state index contributed by atoms with van der Waals surface area (Å²) < 4.78 is 1.08. The summed E-state index contributed by atoms with van der Waals surface area (Å²) in [6.07, 6.45) is 6.08. The zero-order valence-electron chi connectivity index (χ0n) is 8.97. The topological polar surface area (TPSA) is 50.2 Å². The van der Waals surface area contributed by atoms with E-state index in [1.807, 2.05) is 6.21 Å². The van der Waals surface area contributed by atoms with E-state index < -0.39 is 0 Å². The number of hydrogen-bond donors (Lipinski definition) is 1. The molecule has 1 fully saturated rings. The van der Waals surface area contributed by atoms with Gasteiger partial charge >= 0.3 is 0 Å². The maximum Gasteiger partial charge on any atom is 0.167 e. The third-order valence-corrected chi connectivity index (χ3v) is 3.70. The lowest BCUT2D eigenvalue weighted by atomic mass is 10.3. The van der Waals surface area contributed by atoms with Crippen molar-refractivity contribution < 1.29 is 0 Å². The number of hydrazone groups is 1. The molecule has 0 unspecified atom stereocenters. The normalized spacial score (nSPS) is 16.1. The molecule has 2 aromatic heterocycles. The molecule has 0 aliphatic heterocycles. The zero-order chi connectivity index (χ0) is 11.0. The van der Waals surface area contributed by atoms with Crippen LogP contribution in [0.5, 0.6) is 0 Å². The summed E-state index contributed by atoms with van der Waals surface area (Å²) in [5, 5.41) is 6.30. The van der Waals surface area contributed by atoms with Crippen LogP contribution < -0.4 is 5.43 Å². The van der Waals surface area contributed by atoms with E-state index >= 15 is 0 Å². The maximum absolute atomic E-state index is 4.26. The molecule has 0 radical (unpaired) electrons. The van der Waals surface area contributed by atoms with Gasteiger partial charge in [-0.3, -0.25) is 5.43 Å². The van der Waals surface area contributed by atoms with E-state index in [1.54, 1.807) is 17.7 Å². The Labute approximate surface area is 97.4 Å². The Balaban J connectivity index is 1.90. The number of nitrogens with one attached hydrogen (secondary N) is 1. The van der Waals surface area contributed by atoms with Crippen LogP contribution in [0.25, 0.3) is 10.2 Å². The maximum atomic E-state index is 4.26. The minimum Gasteiger partial charge on any atom is -0.260 e. The van der Waals surface area contributed by atoms with Crippen LogP contribution in [0.15, 0.2) is 16.8 Å². The Morgan fingerprint density at radius 1 is 1.50 bits per heavy atom. The zero-order valence-corrected chi connectivity index (χ0v) is 9.79. The quantitative estimate of drug-likeness (QED) is 0.654. The fourth-order valence-corrected chi connectivity index (χ4v) is 2.44. The number of rotatable bonds is 3. The molecule has 3 rings (SSSR count). The Morgan fingerprint density at radius 3 is 3.19 bits per heavy atom. The first-order valence-corrected chi connectivity index (χ1v) is 6.20. The fourth-order valence-electron chi connectivity index (χ4n) is 1.50. The van der Waals surface area contributed by atoms with Crippen molar-refractivity contribution in [2.45, 2.75) is 19.8 Å². The summed E-state index contributed by atoms with van der Waals surface area (Å²) in [5.74, 6) is 1.48. The lowest BCUT2D eigenvalue weighted by Gasteiger charge is -1.99. The van der Waals surface area contributed by atoms with Gasteiger partial charge in [0.05, 0.1) is 10.2 Å². The second-order valence-corrected chi connectivity index (χ2v) is 4.93. The van der Waals surface area contributed by atoms with Gasteiger partial charge in [0.1, 0.15) is 6.33 Å². The van der Waals surface area contributed by atoms with Crippen LogP contribution in [0.3, 0.4) is 0 Å². The minimum atomic E-state index is 0.676. The van der Waals surface area contributed by atoms with Crippen molar-refractivity contribution in [3.05, 3.63) is 17.3 Å². The predicted octanol–water partition coefficient (Wildman–Crippen LogP) is 2.81. The highest BCUT2D eigenvalue weighted by molar-refractivity contribution is 7.17. The molecular weight excluding hydrogens is 220 g/mol. The van der Waals surface area contributed by atoms with Crippen LogP contribution in [-0.2, 0) is 0 Å². The Kier molecular flexibility index (Phi) is 2.32. The third kappa shape index (κ3) is 1.78. The largest absolute Gasteiger partial charge is 0.260 e. The SMILES string of the molecule is Cc1csc2c(NN=CC3CC3)ncnc12. The highest BCUT2D eigenvalue weighted by Gasteiger charge is 2.18. The molecular formula is C11H12N4S. The van der Waals surface area contributed by atoms with Crippen molar-refractivity contribution in [3.8, 4) is 0 Å². The van der Waals surface area contributed by atoms with Gasteiger partial charge in [-0.25, -0.2) is 9.97 Å². The van der Waals surface area contributed by atoms with Crippen molar-refractivity contribution in [1.29, 1.82) is 0 Å². The summed E-state index contributed by atoms with van der Waals surface area (Å²) in [4.78, 5) is 8.48. The molecule has 0 atom stereocenters. The molecule has 2 heterocycles. The monoisotopic (exact) mass is 232 g/mol. The molecule has 0 saturated heterocycles. The van der Waals surface area contributed by atoms with E-state index in [2.05, 4.69) is 32.8 Å². The first-order valence-electron chi connectivity index (χ1n) is 5.32. The van der Waals surface area contributed by atoms with Gasteiger partial charge in [0.15, 0.2) is 5.82 Å². The number of fused-ring (bicyclic) bond motifs is 1. The highest BCUT2D eigenvalue weighted by Crippen LogP contribution is 2.29. The first-order chi connectivity index (χ1) is 7.84. The molecule has 1 aliphatic carbocycles.